The van der Waals surface area contributed by atoms with Gasteiger partial charge in [-0.2, -0.15) is 10.5 Å². The number of hydrogen-bond acceptors (Lipinski definition) is 7. The second kappa shape index (κ2) is 9.12. The summed E-state index contributed by atoms with van der Waals surface area (Å²) < 4.78 is 13.3. The highest BCUT2D eigenvalue weighted by atomic mass is 32.2. The molecule has 3 rings (SSSR count). The van der Waals surface area contributed by atoms with Crippen LogP contribution in [0.4, 0.5) is 10.2 Å². The van der Waals surface area contributed by atoms with E-state index in [0.29, 0.717) is 48.4 Å². The summed E-state index contributed by atoms with van der Waals surface area (Å²) in [6.07, 6.45) is 0.451. The number of aliphatic hydroxyl groups excluding tert-OH is 1. The van der Waals surface area contributed by atoms with Gasteiger partial charge in [0.05, 0.1) is 17.2 Å². The molecular weight excluding hydrogens is 405 g/mol. The molecule has 2 heterocycles. The molecule has 0 aliphatic carbocycles. The number of thioether (sulfide) groups is 1. The van der Waals surface area contributed by atoms with E-state index in [-0.39, 0.29) is 10.6 Å². The summed E-state index contributed by atoms with van der Waals surface area (Å²) in [5, 5.41) is 28.8. The largest absolute Gasteiger partial charge is 0.391 e. The maximum absolute atomic E-state index is 13.3. The highest BCUT2D eigenvalue weighted by molar-refractivity contribution is 8.00. The molecule has 7 nitrogen and oxygen atoms in total. The van der Waals surface area contributed by atoms with E-state index in [2.05, 4.69) is 17.1 Å². The number of nitriles is 2. The third kappa shape index (κ3) is 4.23. The van der Waals surface area contributed by atoms with E-state index in [1.54, 1.807) is 0 Å². The van der Waals surface area contributed by atoms with Crippen LogP contribution in [0.1, 0.15) is 40.8 Å². The Morgan fingerprint density at radius 1 is 1.37 bits per heavy atom. The Labute approximate surface area is 177 Å². The van der Waals surface area contributed by atoms with Gasteiger partial charge in [0.2, 0.25) is 5.91 Å². The van der Waals surface area contributed by atoms with Crippen LogP contribution in [0, 0.1) is 28.5 Å². The summed E-state index contributed by atoms with van der Waals surface area (Å²) in [5.74, 6) is -0.711. The highest BCUT2D eigenvalue weighted by Crippen LogP contribution is 2.40. The average molecular weight is 425 g/mol. The van der Waals surface area contributed by atoms with Gasteiger partial charge in [0.25, 0.3) is 0 Å². The molecule has 1 amide bonds. The van der Waals surface area contributed by atoms with Crippen LogP contribution in [0.25, 0.3) is 0 Å². The molecule has 2 atom stereocenters. The maximum Gasteiger partial charge on any atom is 0.235 e. The van der Waals surface area contributed by atoms with Gasteiger partial charge in [0, 0.05) is 13.1 Å². The van der Waals surface area contributed by atoms with E-state index in [4.69, 9.17) is 5.73 Å². The number of aromatic nitrogens is 1. The molecule has 0 radical (unpaired) electrons. The van der Waals surface area contributed by atoms with Crippen molar-refractivity contribution in [3.8, 4) is 12.1 Å². The molecule has 2 aromatic rings. The van der Waals surface area contributed by atoms with Crippen LogP contribution in [0.3, 0.4) is 0 Å². The number of hydrogen-bond donors (Lipinski definition) is 2. The Hall–Kier alpha value is -3.14. The first kappa shape index (κ1) is 21.6. The lowest BCUT2D eigenvalue weighted by atomic mass is 10.0. The number of β-amino-alcohol motifs (C(OH)–C–C–N with tert-alkyl or cyclic N) is 1. The zero-order valence-electron chi connectivity index (χ0n) is 16.3. The van der Waals surface area contributed by atoms with Gasteiger partial charge >= 0.3 is 0 Å². The van der Waals surface area contributed by atoms with Crippen molar-refractivity contribution in [3.05, 3.63) is 52.3 Å². The summed E-state index contributed by atoms with van der Waals surface area (Å²) in [6.45, 7) is 2.69. The minimum absolute atomic E-state index is 0.218. The lowest BCUT2D eigenvalue weighted by molar-refractivity contribution is -0.117. The van der Waals surface area contributed by atoms with Crippen LogP contribution in [-0.2, 0) is 11.2 Å². The topological polar surface area (TPSA) is 127 Å². The van der Waals surface area contributed by atoms with Crippen LogP contribution in [-0.4, -0.2) is 35.2 Å². The maximum atomic E-state index is 13.3. The number of primary amides is 1. The van der Waals surface area contributed by atoms with Gasteiger partial charge in [0.15, 0.2) is 0 Å². The van der Waals surface area contributed by atoms with Crippen LogP contribution in [0.5, 0.6) is 0 Å². The fraction of sp³-hybridized carbons (Fsp3) is 0.333. The number of carbonyl (C=O) groups excluding carboxylic acids is 1. The molecule has 1 aliphatic heterocycles. The SMILES string of the molecule is CCc1c(C#N)c(S[C@@H](C(N)=O)c2ccc(F)cc2)nc(N2CC[C@H](O)C2)c1C#N. The molecule has 0 saturated carbocycles. The zero-order valence-corrected chi connectivity index (χ0v) is 17.1. The number of nitrogens with zero attached hydrogens (tertiary/aromatic N) is 4. The first-order chi connectivity index (χ1) is 14.4. The second-order valence-corrected chi connectivity index (χ2v) is 7.98. The number of halogens is 1. The second-order valence-electron chi connectivity index (χ2n) is 6.89. The Kier molecular flexibility index (Phi) is 6.56. The Balaban J connectivity index is 2.12. The van der Waals surface area contributed by atoms with E-state index >= 15 is 0 Å². The Morgan fingerprint density at radius 2 is 2.03 bits per heavy atom. The predicted molar refractivity (Wildman–Crippen MR) is 110 cm³/mol. The number of nitrogens with two attached hydrogens (primary N) is 1. The first-order valence-corrected chi connectivity index (χ1v) is 10.3. The van der Waals surface area contributed by atoms with Gasteiger partial charge < -0.3 is 15.7 Å². The van der Waals surface area contributed by atoms with Gasteiger partial charge in [0.1, 0.15) is 34.0 Å². The van der Waals surface area contributed by atoms with E-state index in [0.717, 1.165) is 11.8 Å². The quantitative estimate of drug-likeness (QED) is 0.680. The molecule has 1 fully saturated rings. The fourth-order valence-electron chi connectivity index (χ4n) is 3.47. The number of amides is 1. The highest BCUT2D eigenvalue weighted by Gasteiger charge is 2.30. The summed E-state index contributed by atoms with van der Waals surface area (Å²) >= 11 is 1.00. The molecule has 3 N–H and O–H groups in total. The van der Waals surface area contributed by atoms with Crippen molar-refractivity contribution in [1.29, 1.82) is 10.5 Å². The summed E-state index contributed by atoms with van der Waals surface area (Å²) in [7, 11) is 0. The summed E-state index contributed by atoms with van der Waals surface area (Å²) in [4.78, 5) is 18.5. The molecule has 0 unspecified atom stereocenters. The zero-order chi connectivity index (χ0) is 21.8. The van der Waals surface area contributed by atoms with E-state index in [1.807, 2.05) is 11.8 Å². The van der Waals surface area contributed by atoms with Gasteiger partial charge in [-0.05, 0) is 36.1 Å². The number of aliphatic hydroxyl groups is 1. The van der Waals surface area contributed by atoms with E-state index < -0.39 is 23.1 Å². The van der Waals surface area contributed by atoms with Crippen LogP contribution >= 0.6 is 11.8 Å². The molecule has 1 aromatic carbocycles. The van der Waals surface area contributed by atoms with Gasteiger partial charge in [-0.15, -0.1) is 0 Å². The minimum Gasteiger partial charge on any atom is -0.391 e. The lowest BCUT2D eigenvalue weighted by Gasteiger charge is -2.22. The van der Waals surface area contributed by atoms with Crippen LogP contribution < -0.4 is 10.6 Å². The third-order valence-electron chi connectivity index (χ3n) is 4.95. The van der Waals surface area contributed by atoms with Crippen LogP contribution in [0.15, 0.2) is 29.3 Å². The minimum atomic E-state index is -0.889. The fourth-order valence-corrected chi connectivity index (χ4v) is 4.53. The summed E-state index contributed by atoms with van der Waals surface area (Å²) in [5.41, 5.74) is 7.13. The summed E-state index contributed by atoms with van der Waals surface area (Å²) in [6, 6.07) is 9.65. The monoisotopic (exact) mass is 425 g/mol. The Bertz CT molecular complexity index is 1050. The molecule has 0 spiro atoms. The molecule has 154 valence electrons. The van der Waals surface area contributed by atoms with Crippen molar-refractivity contribution < 1.29 is 14.3 Å². The van der Waals surface area contributed by atoms with Crippen molar-refractivity contribution in [3.63, 3.8) is 0 Å². The van der Waals surface area contributed by atoms with Crippen molar-refractivity contribution in [2.45, 2.75) is 36.1 Å². The molecule has 1 aromatic heterocycles. The van der Waals surface area contributed by atoms with Gasteiger partial charge in [-0.1, -0.05) is 30.8 Å². The Morgan fingerprint density at radius 3 is 2.53 bits per heavy atom. The van der Waals surface area contributed by atoms with Crippen LogP contribution in [0.2, 0.25) is 0 Å². The van der Waals surface area contributed by atoms with E-state index in [9.17, 15) is 24.8 Å². The standard InChI is InChI=1S/C21H20FN5O2S/c1-2-15-16(9-23)20(27-8-7-14(28)11-27)26-21(17(15)10-24)30-18(19(25)29)12-3-5-13(22)6-4-12/h3-6,14,18,28H,2,7-8,11H2,1H3,(H2,25,29)/t14-,18+/m0/s1. The average Bonchev–Trinajstić information content (AvgIpc) is 3.17. The molecule has 30 heavy (non-hydrogen) atoms. The van der Waals surface area contributed by atoms with E-state index in [1.165, 1.54) is 24.3 Å². The molecule has 9 heteroatoms. The lowest BCUT2D eigenvalue weighted by Crippen LogP contribution is -2.25. The molecule has 1 aliphatic rings. The number of benzene rings is 1. The number of rotatable bonds is 6. The normalized spacial score (nSPS) is 16.7. The number of pyridine rings is 1. The molecule has 0 bridgehead atoms. The van der Waals surface area contributed by atoms with Crippen molar-refractivity contribution in [1.82, 2.24) is 4.98 Å². The third-order valence-corrected chi connectivity index (χ3v) is 6.21. The van der Waals surface area contributed by atoms with Gasteiger partial charge in [-0.25, -0.2) is 9.37 Å². The van der Waals surface area contributed by atoms with Crippen molar-refractivity contribution in [2.24, 2.45) is 5.73 Å². The molecule has 1 saturated heterocycles. The first-order valence-electron chi connectivity index (χ1n) is 9.41. The smallest absolute Gasteiger partial charge is 0.235 e. The number of anilines is 1. The van der Waals surface area contributed by atoms with Crippen molar-refractivity contribution >= 4 is 23.5 Å². The molecular formula is C21H20FN5O2S. The van der Waals surface area contributed by atoms with Gasteiger partial charge in [-0.3, -0.25) is 4.79 Å². The van der Waals surface area contributed by atoms with Crippen molar-refractivity contribution in [2.75, 3.05) is 18.0 Å². The predicted octanol–water partition coefficient (Wildman–Crippen LogP) is 2.42. The number of carbonyl (C=O) groups is 1.